The Balaban J connectivity index is 1.38. The number of aliphatic hydroxyl groups excluding tert-OH is 1. The number of thiophene rings is 1. The lowest BCUT2D eigenvalue weighted by atomic mass is 9.87. The summed E-state index contributed by atoms with van der Waals surface area (Å²) in [5, 5.41) is 32.5. The highest BCUT2D eigenvalue weighted by Crippen LogP contribution is 2.42. The lowest BCUT2D eigenvalue weighted by Gasteiger charge is -2.37. The van der Waals surface area contributed by atoms with Crippen LogP contribution < -0.4 is 10.2 Å². The second-order valence-electron chi connectivity index (χ2n) is 9.96. The summed E-state index contributed by atoms with van der Waals surface area (Å²) in [6.45, 7) is 1.99. The Bertz CT molecular complexity index is 1360. The van der Waals surface area contributed by atoms with Crippen molar-refractivity contribution in [2.45, 2.75) is 44.4 Å². The van der Waals surface area contributed by atoms with E-state index in [2.05, 4.69) is 61.5 Å². The van der Waals surface area contributed by atoms with Gasteiger partial charge in [-0.3, -0.25) is 5.10 Å². The second kappa shape index (κ2) is 9.02. The highest BCUT2D eigenvalue weighted by atomic mass is 32.1. The molecule has 2 aliphatic rings. The van der Waals surface area contributed by atoms with Gasteiger partial charge in [-0.25, -0.2) is 9.97 Å². The molecule has 1 aliphatic heterocycles. The molecule has 10 heteroatoms. The van der Waals surface area contributed by atoms with Gasteiger partial charge in [-0.05, 0) is 63.9 Å². The summed E-state index contributed by atoms with van der Waals surface area (Å²) in [5.74, 6) is 0.683. The van der Waals surface area contributed by atoms with Gasteiger partial charge < -0.3 is 25.3 Å². The topological polar surface area (TPSA) is 113 Å². The minimum atomic E-state index is -1.28. The van der Waals surface area contributed by atoms with Gasteiger partial charge in [-0.1, -0.05) is 0 Å². The largest absolute Gasteiger partial charge is 0.370 e. The molecule has 1 atom stereocenters. The van der Waals surface area contributed by atoms with E-state index in [1.807, 2.05) is 6.20 Å². The number of hydrogen-bond donors (Lipinski definition) is 4. The molecule has 4 N–H and O–H groups in total. The SMILES string of the molecule is CN(C)C1CCN(c2cc3[nH]ncc3cc2Nc2ncnc3sc4c(c23)CC[C@H](C(O)O)C4)CC1. The zero-order valence-corrected chi connectivity index (χ0v) is 20.8. The van der Waals surface area contributed by atoms with Crippen LogP contribution >= 0.6 is 11.3 Å². The highest BCUT2D eigenvalue weighted by molar-refractivity contribution is 7.19. The molecule has 0 spiro atoms. The van der Waals surface area contributed by atoms with Gasteiger partial charge in [0.25, 0.3) is 0 Å². The Hall–Kier alpha value is -2.79. The van der Waals surface area contributed by atoms with Crippen LogP contribution in [0.4, 0.5) is 17.2 Å². The standard InChI is InChI=1S/C25H31N7O2S/c1-31(2)16-5-7-32(8-6-16)20-11-18-15(12-28-30-18)9-19(20)29-23-22-17-4-3-14(25(33)34)10-21(17)35-24(22)27-13-26-23/h9,11-14,16,25,33-34H,3-8,10H2,1-2H3,(H,28,30)(H,26,27,29)/t14-/m0/s1. The van der Waals surface area contributed by atoms with E-state index in [9.17, 15) is 10.2 Å². The van der Waals surface area contributed by atoms with E-state index in [-0.39, 0.29) is 5.92 Å². The Labute approximate surface area is 207 Å². The van der Waals surface area contributed by atoms with Crippen LogP contribution in [0.2, 0.25) is 0 Å². The van der Waals surface area contributed by atoms with Gasteiger partial charge >= 0.3 is 0 Å². The molecule has 1 aliphatic carbocycles. The molecule has 1 fully saturated rings. The second-order valence-corrected chi connectivity index (χ2v) is 11.0. The average molecular weight is 494 g/mol. The van der Waals surface area contributed by atoms with Gasteiger partial charge in [0.1, 0.15) is 17.0 Å². The summed E-state index contributed by atoms with van der Waals surface area (Å²) in [6, 6.07) is 4.95. The molecule has 0 amide bonds. The molecule has 0 bridgehead atoms. The number of hydrogen-bond acceptors (Lipinski definition) is 9. The molecule has 6 rings (SSSR count). The van der Waals surface area contributed by atoms with Crippen LogP contribution in [0.5, 0.6) is 0 Å². The van der Waals surface area contributed by atoms with Crippen molar-refractivity contribution < 1.29 is 10.2 Å². The predicted octanol–water partition coefficient (Wildman–Crippen LogP) is 3.26. The van der Waals surface area contributed by atoms with Crippen molar-refractivity contribution in [3.05, 3.63) is 35.1 Å². The molecule has 0 unspecified atom stereocenters. The van der Waals surface area contributed by atoms with E-state index in [0.717, 1.165) is 77.1 Å². The lowest BCUT2D eigenvalue weighted by molar-refractivity contribution is -0.0865. The van der Waals surface area contributed by atoms with Crippen LogP contribution in [0.3, 0.4) is 0 Å². The van der Waals surface area contributed by atoms with Gasteiger partial charge in [0.05, 0.1) is 28.5 Å². The first-order chi connectivity index (χ1) is 17.0. The molecule has 0 radical (unpaired) electrons. The fraction of sp³-hybridized carbons (Fsp3) is 0.480. The van der Waals surface area contributed by atoms with Crippen LogP contribution in [0.1, 0.15) is 29.7 Å². The number of anilines is 3. The number of nitrogens with one attached hydrogen (secondary N) is 2. The molecule has 35 heavy (non-hydrogen) atoms. The number of piperidine rings is 1. The molecule has 1 saturated heterocycles. The Morgan fingerprint density at radius 1 is 1.17 bits per heavy atom. The van der Waals surface area contributed by atoms with Gasteiger partial charge in [-0.2, -0.15) is 5.10 Å². The van der Waals surface area contributed by atoms with E-state index in [0.29, 0.717) is 12.5 Å². The zero-order valence-electron chi connectivity index (χ0n) is 20.0. The van der Waals surface area contributed by atoms with Crippen molar-refractivity contribution in [1.82, 2.24) is 25.1 Å². The Morgan fingerprint density at radius 3 is 2.77 bits per heavy atom. The fourth-order valence-electron chi connectivity index (χ4n) is 5.58. The Morgan fingerprint density at radius 2 is 2.00 bits per heavy atom. The summed E-state index contributed by atoms with van der Waals surface area (Å²) in [5.41, 5.74) is 4.43. The van der Waals surface area contributed by atoms with Crippen molar-refractivity contribution in [1.29, 1.82) is 0 Å². The number of H-pyrrole nitrogens is 1. The number of aryl methyl sites for hydroxylation is 1. The van der Waals surface area contributed by atoms with Crippen LogP contribution in [0.25, 0.3) is 21.1 Å². The van der Waals surface area contributed by atoms with Crippen LogP contribution in [0.15, 0.2) is 24.7 Å². The number of fused-ring (bicyclic) bond motifs is 4. The number of aromatic amines is 1. The van der Waals surface area contributed by atoms with Crippen molar-refractivity contribution in [3.8, 4) is 0 Å². The quantitative estimate of drug-likeness (QED) is 0.313. The fourth-order valence-corrected chi connectivity index (χ4v) is 6.86. The summed E-state index contributed by atoms with van der Waals surface area (Å²) in [7, 11) is 4.32. The third-order valence-electron chi connectivity index (χ3n) is 7.65. The highest BCUT2D eigenvalue weighted by Gasteiger charge is 2.29. The lowest BCUT2D eigenvalue weighted by Crippen LogP contribution is -2.42. The van der Waals surface area contributed by atoms with Gasteiger partial charge in [0, 0.05) is 35.3 Å². The van der Waals surface area contributed by atoms with Crippen molar-refractivity contribution in [2.75, 3.05) is 37.4 Å². The molecule has 4 heterocycles. The van der Waals surface area contributed by atoms with Crippen molar-refractivity contribution in [2.24, 2.45) is 5.92 Å². The molecule has 184 valence electrons. The summed E-state index contributed by atoms with van der Waals surface area (Å²) < 4.78 is 0. The van der Waals surface area contributed by atoms with Crippen molar-refractivity contribution >= 4 is 49.6 Å². The molecule has 1 aromatic carbocycles. The summed E-state index contributed by atoms with van der Waals surface area (Å²) in [4.78, 5) is 16.1. The van der Waals surface area contributed by atoms with E-state index >= 15 is 0 Å². The van der Waals surface area contributed by atoms with Crippen molar-refractivity contribution in [3.63, 3.8) is 0 Å². The monoisotopic (exact) mass is 493 g/mol. The third kappa shape index (κ3) is 4.14. The van der Waals surface area contributed by atoms with Crippen LogP contribution in [0, 0.1) is 5.92 Å². The van der Waals surface area contributed by atoms with E-state index < -0.39 is 6.29 Å². The minimum absolute atomic E-state index is 0.125. The molecular weight excluding hydrogens is 462 g/mol. The van der Waals surface area contributed by atoms with Gasteiger partial charge in [-0.15, -0.1) is 11.3 Å². The normalized spacial score (nSPS) is 19.3. The number of nitrogens with zero attached hydrogens (tertiary/aromatic N) is 5. The first kappa shape index (κ1) is 22.7. The molecule has 9 nitrogen and oxygen atoms in total. The smallest absolute Gasteiger partial charge is 0.154 e. The van der Waals surface area contributed by atoms with E-state index in [1.54, 1.807) is 17.7 Å². The number of benzene rings is 1. The third-order valence-corrected chi connectivity index (χ3v) is 8.81. The maximum atomic E-state index is 9.70. The van der Waals surface area contributed by atoms with E-state index in [4.69, 9.17) is 0 Å². The average Bonchev–Trinajstić information content (AvgIpc) is 3.47. The maximum absolute atomic E-state index is 9.70. The van der Waals surface area contributed by atoms with Gasteiger partial charge in [0.2, 0.25) is 0 Å². The molecule has 4 aromatic rings. The molecule has 3 aromatic heterocycles. The molecule has 0 saturated carbocycles. The minimum Gasteiger partial charge on any atom is -0.370 e. The first-order valence-corrected chi connectivity index (χ1v) is 13.1. The molecular formula is C25H31N7O2S. The van der Waals surface area contributed by atoms with Crippen LogP contribution in [-0.2, 0) is 12.8 Å². The summed E-state index contributed by atoms with van der Waals surface area (Å²) >= 11 is 1.64. The number of aromatic nitrogens is 4. The van der Waals surface area contributed by atoms with E-state index in [1.165, 1.54) is 10.4 Å². The number of aliphatic hydroxyl groups is 2. The maximum Gasteiger partial charge on any atom is 0.154 e. The first-order valence-electron chi connectivity index (χ1n) is 12.2. The Kier molecular flexibility index (Phi) is 5.84. The van der Waals surface area contributed by atoms with Gasteiger partial charge in [0.15, 0.2) is 6.29 Å². The number of rotatable bonds is 5. The summed E-state index contributed by atoms with van der Waals surface area (Å²) in [6.07, 6.45) is 6.65. The predicted molar refractivity (Wildman–Crippen MR) is 139 cm³/mol. The van der Waals surface area contributed by atoms with Crippen LogP contribution in [-0.4, -0.2) is 74.8 Å². The zero-order chi connectivity index (χ0) is 24.1.